The molecule has 3 aromatic rings. The summed E-state index contributed by atoms with van der Waals surface area (Å²) in [7, 11) is 4.04. The van der Waals surface area contributed by atoms with Gasteiger partial charge >= 0.3 is 0 Å². The lowest BCUT2D eigenvalue weighted by Crippen LogP contribution is -2.53. The molecule has 0 spiro atoms. The molecule has 5 rings (SSSR count). The number of quaternary nitrogens is 1. The van der Waals surface area contributed by atoms with Crippen LogP contribution in [-0.2, 0) is 0 Å². The molecule has 1 unspecified atom stereocenters. The second-order valence-electron chi connectivity index (χ2n) is 7.91. The van der Waals surface area contributed by atoms with Gasteiger partial charge in [-0.2, -0.15) is 10.8 Å². The number of rotatable bonds is 5. The third-order valence-corrected chi connectivity index (χ3v) is 5.52. The molecule has 2 aliphatic rings. The highest BCUT2D eigenvalue weighted by Crippen LogP contribution is 2.37. The van der Waals surface area contributed by atoms with Crippen LogP contribution in [0.3, 0.4) is 0 Å². The first-order chi connectivity index (χ1) is 15.5. The highest BCUT2D eigenvalue weighted by Gasteiger charge is 2.44. The number of benzene rings is 3. The number of hydrogen-bond donors (Lipinski definition) is 1. The Balaban J connectivity index is 1.52. The average molecular weight is 423 g/mol. The molecule has 0 bridgehead atoms. The number of anilines is 1. The van der Waals surface area contributed by atoms with Gasteiger partial charge in [0.1, 0.15) is 23.4 Å². The van der Waals surface area contributed by atoms with Crippen molar-refractivity contribution in [2.75, 3.05) is 19.0 Å². The van der Waals surface area contributed by atoms with Crippen LogP contribution in [0.4, 0.5) is 5.69 Å². The van der Waals surface area contributed by atoms with Crippen LogP contribution in [0.1, 0.15) is 11.1 Å². The molecule has 0 amide bonds. The van der Waals surface area contributed by atoms with Crippen LogP contribution in [0.5, 0.6) is 11.5 Å². The van der Waals surface area contributed by atoms with Gasteiger partial charge in [-0.15, -0.1) is 4.59 Å². The summed E-state index contributed by atoms with van der Waals surface area (Å²) in [5.41, 5.74) is 4.68. The first-order valence-electron chi connectivity index (χ1n) is 10.4. The molecule has 1 atom stereocenters. The van der Waals surface area contributed by atoms with Gasteiger partial charge in [-0.05, 0) is 48.5 Å². The van der Waals surface area contributed by atoms with Crippen LogP contribution < -0.4 is 15.5 Å². The Labute approximate surface area is 187 Å². The Morgan fingerprint density at radius 2 is 1.59 bits per heavy atom. The molecule has 2 heterocycles. The van der Waals surface area contributed by atoms with E-state index in [1.807, 2.05) is 81.0 Å². The van der Waals surface area contributed by atoms with Crippen LogP contribution in [0.15, 0.2) is 107 Å². The molecule has 0 saturated carbocycles. The maximum absolute atomic E-state index is 6.86. The Hall–Kier alpha value is -4.00. The number of amidine groups is 1. The smallest absolute Gasteiger partial charge is 0.265 e. The van der Waals surface area contributed by atoms with Crippen molar-refractivity contribution >= 4 is 23.4 Å². The lowest BCUT2D eigenvalue weighted by atomic mass is 10.1. The van der Waals surface area contributed by atoms with Crippen molar-refractivity contribution in [3.63, 3.8) is 0 Å². The van der Waals surface area contributed by atoms with Gasteiger partial charge < -0.3 is 9.64 Å². The topological polar surface area (TPSA) is 63.2 Å². The van der Waals surface area contributed by atoms with Gasteiger partial charge in [-0.1, -0.05) is 30.3 Å². The minimum absolute atomic E-state index is 0.0239. The summed E-state index contributed by atoms with van der Waals surface area (Å²) >= 11 is 0. The van der Waals surface area contributed by atoms with E-state index in [4.69, 9.17) is 15.6 Å². The van der Waals surface area contributed by atoms with Gasteiger partial charge in [-0.25, -0.2) is 0 Å². The van der Waals surface area contributed by atoms with E-state index < -0.39 is 0 Å². The molecule has 3 aromatic carbocycles. The lowest BCUT2D eigenvalue weighted by molar-refractivity contribution is -0.749. The predicted octanol–water partition coefficient (Wildman–Crippen LogP) is 4.92. The van der Waals surface area contributed by atoms with Crippen molar-refractivity contribution in [3.8, 4) is 11.5 Å². The summed E-state index contributed by atoms with van der Waals surface area (Å²) in [4.78, 5) is 11.4. The van der Waals surface area contributed by atoms with E-state index >= 15 is 0 Å². The number of aliphatic imine (C=N–C) groups is 2. The van der Waals surface area contributed by atoms with E-state index in [2.05, 4.69) is 28.1 Å². The van der Waals surface area contributed by atoms with E-state index in [-0.39, 0.29) is 4.59 Å². The highest BCUT2D eigenvalue weighted by molar-refractivity contribution is 6.06. The number of hydrogen-bond acceptors (Lipinski definition) is 5. The number of fused-ring (bicyclic) bond motifs is 1. The van der Waals surface area contributed by atoms with Crippen LogP contribution >= 0.6 is 0 Å². The average Bonchev–Trinajstić information content (AvgIpc) is 3.13. The molecular weight excluding hydrogens is 398 g/mol. The molecule has 2 aliphatic heterocycles. The van der Waals surface area contributed by atoms with E-state index in [0.29, 0.717) is 0 Å². The van der Waals surface area contributed by atoms with E-state index in [9.17, 15) is 0 Å². The van der Waals surface area contributed by atoms with Gasteiger partial charge in [0, 0.05) is 25.3 Å². The van der Waals surface area contributed by atoms with E-state index in [1.165, 1.54) is 0 Å². The summed E-state index contributed by atoms with van der Waals surface area (Å²) < 4.78 is 5.90. The zero-order chi connectivity index (χ0) is 22.1. The zero-order valence-corrected chi connectivity index (χ0v) is 18.0. The Bertz CT molecular complexity index is 1270. The van der Waals surface area contributed by atoms with Gasteiger partial charge in [0.2, 0.25) is 5.70 Å². The predicted molar refractivity (Wildman–Crippen MR) is 129 cm³/mol. The second-order valence-corrected chi connectivity index (χ2v) is 7.91. The molecule has 0 fully saturated rings. The standard InChI is InChI=1S/C26H24N5O/c1-30(2)21-8-6-7-20(17-21)25-24-18-28-15-16-31(24,27)26(29-25)19-11-13-23(14-12-19)32-22-9-4-3-5-10-22/h3-18H,27H2,1-2H3/q+1. The maximum atomic E-state index is 6.86. The summed E-state index contributed by atoms with van der Waals surface area (Å²) in [5.74, 6) is 9.14. The molecule has 0 aliphatic carbocycles. The fourth-order valence-electron chi connectivity index (χ4n) is 3.82. The van der Waals surface area contributed by atoms with Crippen LogP contribution in [0.2, 0.25) is 0 Å². The fraction of sp³-hybridized carbons (Fsp3) is 0.0769. The fourth-order valence-corrected chi connectivity index (χ4v) is 3.82. The summed E-state index contributed by atoms with van der Waals surface area (Å²) in [6.07, 6.45) is 5.36. The normalized spacial score (nSPS) is 19.0. The van der Waals surface area contributed by atoms with Crippen LogP contribution in [-0.4, -0.2) is 30.7 Å². The molecule has 158 valence electrons. The minimum Gasteiger partial charge on any atom is -0.457 e. The molecule has 0 radical (unpaired) electrons. The van der Waals surface area contributed by atoms with Crippen molar-refractivity contribution in [1.82, 2.24) is 0 Å². The van der Waals surface area contributed by atoms with Crippen LogP contribution in [0, 0.1) is 0 Å². The Morgan fingerprint density at radius 1 is 0.844 bits per heavy atom. The third-order valence-electron chi connectivity index (χ3n) is 5.52. The zero-order valence-electron chi connectivity index (χ0n) is 18.0. The molecule has 2 N–H and O–H groups in total. The number of nitrogens with zero attached hydrogens (tertiary/aromatic N) is 4. The van der Waals surface area contributed by atoms with E-state index in [0.717, 1.165) is 45.5 Å². The lowest BCUT2D eigenvalue weighted by Gasteiger charge is -2.26. The summed E-state index contributed by atoms with van der Waals surface area (Å²) in [6.45, 7) is 0. The monoisotopic (exact) mass is 422 g/mol. The molecule has 32 heavy (non-hydrogen) atoms. The largest absolute Gasteiger partial charge is 0.457 e. The number of allylic oxidation sites excluding steroid dienone is 1. The van der Waals surface area contributed by atoms with Crippen molar-refractivity contribution in [3.05, 3.63) is 108 Å². The summed E-state index contributed by atoms with van der Waals surface area (Å²) in [6, 6.07) is 25.8. The SMILES string of the molecule is CN(C)c1cccc(C2=C3C=NC=C[N+]3(N)C(c3ccc(Oc4ccccc4)cc3)=N2)c1. The number of nitrogens with two attached hydrogens (primary N) is 1. The third kappa shape index (κ3) is 3.51. The van der Waals surface area contributed by atoms with Gasteiger partial charge in [0.25, 0.3) is 5.84 Å². The van der Waals surface area contributed by atoms with E-state index in [1.54, 1.807) is 12.4 Å². The Morgan fingerprint density at radius 3 is 2.34 bits per heavy atom. The molecule has 0 saturated heterocycles. The summed E-state index contributed by atoms with van der Waals surface area (Å²) in [5, 5.41) is 0. The van der Waals surface area contributed by atoms with Crippen molar-refractivity contribution in [2.24, 2.45) is 15.8 Å². The molecule has 6 nitrogen and oxygen atoms in total. The maximum Gasteiger partial charge on any atom is 0.265 e. The second kappa shape index (κ2) is 7.92. The van der Waals surface area contributed by atoms with Crippen molar-refractivity contribution in [2.45, 2.75) is 0 Å². The highest BCUT2D eigenvalue weighted by atomic mass is 16.5. The van der Waals surface area contributed by atoms with Gasteiger partial charge in [-0.3, -0.25) is 4.99 Å². The first kappa shape index (κ1) is 19.9. The molecular formula is C26H24N5O+. The van der Waals surface area contributed by atoms with Gasteiger partial charge in [0.05, 0.1) is 18.0 Å². The minimum atomic E-state index is -0.0239. The molecule has 6 heteroatoms. The number of para-hydroxylation sites is 1. The van der Waals surface area contributed by atoms with Crippen molar-refractivity contribution < 1.29 is 9.33 Å². The van der Waals surface area contributed by atoms with Gasteiger partial charge in [0.15, 0.2) is 0 Å². The number of ether oxygens (including phenoxy) is 1. The molecule has 0 aromatic heterocycles. The quantitative estimate of drug-likeness (QED) is 0.469. The van der Waals surface area contributed by atoms with Crippen molar-refractivity contribution in [1.29, 1.82) is 0 Å². The Kier molecular flexibility index (Phi) is 4.93. The van der Waals surface area contributed by atoms with Crippen LogP contribution in [0.25, 0.3) is 5.70 Å². The first-order valence-corrected chi connectivity index (χ1v) is 10.4.